The molecule has 1 aromatic rings. The molecule has 0 amide bonds. The first-order valence-corrected chi connectivity index (χ1v) is 5.19. The molecule has 0 bridgehead atoms. The zero-order chi connectivity index (χ0) is 13.7. The number of esters is 1. The molecule has 1 rings (SSSR count). The molecule has 0 saturated carbocycles. The SMILES string of the molecule is C=C(CNc1cc(F)cc(F)c1F)C(=O)OCC. The highest BCUT2D eigenvalue weighted by molar-refractivity contribution is 5.88. The van der Waals surface area contributed by atoms with E-state index in [1.807, 2.05) is 0 Å². The van der Waals surface area contributed by atoms with Crippen LogP contribution in [-0.4, -0.2) is 19.1 Å². The van der Waals surface area contributed by atoms with Crippen LogP contribution in [0.15, 0.2) is 24.3 Å². The van der Waals surface area contributed by atoms with Gasteiger partial charge in [0.2, 0.25) is 0 Å². The van der Waals surface area contributed by atoms with E-state index in [1.165, 1.54) is 0 Å². The van der Waals surface area contributed by atoms with Crippen molar-refractivity contribution in [3.8, 4) is 0 Å². The molecular formula is C12H12F3NO2. The molecule has 0 aliphatic rings. The average molecular weight is 259 g/mol. The number of nitrogens with one attached hydrogen (secondary N) is 1. The van der Waals surface area contributed by atoms with Crippen molar-refractivity contribution in [2.45, 2.75) is 6.92 Å². The van der Waals surface area contributed by atoms with Crippen LogP contribution < -0.4 is 5.32 Å². The van der Waals surface area contributed by atoms with Crippen LogP contribution in [0.25, 0.3) is 0 Å². The molecular weight excluding hydrogens is 247 g/mol. The zero-order valence-corrected chi connectivity index (χ0v) is 9.73. The number of hydrogen-bond donors (Lipinski definition) is 1. The van der Waals surface area contributed by atoms with Gasteiger partial charge in [0.1, 0.15) is 5.82 Å². The van der Waals surface area contributed by atoms with E-state index in [2.05, 4.69) is 16.6 Å². The lowest BCUT2D eigenvalue weighted by molar-refractivity contribution is -0.138. The molecule has 0 fully saturated rings. The fourth-order valence-electron chi connectivity index (χ4n) is 1.19. The topological polar surface area (TPSA) is 38.3 Å². The Morgan fingerprint density at radius 1 is 1.39 bits per heavy atom. The fraction of sp³-hybridized carbons (Fsp3) is 0.250. The van der Waals surface area contributed by atoms with Gasteiger partial charge < -0.3 is 10.1 Å². The van der Waals surface area contributed by atoms with Crippen molar-refractivity contribution in [1.82, 2.24) is 0 Å². The van der Waals surface area contributed by atoms with E-state index >= 15 is 0 Å². The molecule has 18 heavy (non-hydrogen) atoms. The van der Waals surface area contributed by atoms with Gasteiger partial charge in [-0.25, -0.2) is 18.0 Å². The second-order valence-electron chi connectivity index (χ2n) is 3.43. The minimum Gasteiger partial charge on any atom is -0.463 e. The second-order valence-corrected chi connectivity index (χ2v) is 3.43. The first-order valence-electron chi connectivity index (χ1n) is 5.19. The molecule has 0 aromatic heterocycles. The Hall–Kier alpha value is -1.98. The maximum Gasteiger partial charge on any atom is 0.335 e. The van der Waals surface area contributed by atoms with Crippen LogP contribution in [0.3, 0.4) is 0 Å². The van der Waals surface area contributed by atoms with Gasteiger partial charge in [0.05, 0.1) is 12.3 Å². The van der Waals surface area contributed by atoms with Crippen molar-refractivity contribution in [3.63, 3.8) is 0 Å². The fourth-order valence-corrected chi connectivity index (χ4v) is 1.19. The van der Waals surface area contributed by atoms with E-state index < -0.39 is 23.4 Å². The summed E-state index contributed by atoms with van der Waals surface area (Å²) in [5.41, 5.74) is -0.348. The summed E-state index contributed by atoms with van der Waals surface area (Å²) in [6, 6.07) is 1.22. The number of ether oxygens (including phenoxy) is 1. The zero-order valence-electron chi connectivity index (χ0n) is 9.73. The molecule has 98 valence electrons. The minimum atomic E-state index is -1.31. The molecule has 3 nitrogen and oxygen atoms in total. The maximum atomic E-state index is 13.2. The monoisotopic (exact) mass is 259 g/mol. The lowest BCUT2D eigenvalue weighted by atomic mass is 10.2. The predicted octanol–water partition coefficient (Wildman–Crippen LogP) is 2.64. The molecule has 0 heterocycles. The third kappa shape index (κ3) is 3.51. The highest BCUT2D eigenvalue weighted by Gasteiger charge is 2.13. The summed E-state index contributed by atoms with van der Waals surface area (Å²) in [5.74, 6) is -4.09. The molecule has 6 heteroatoms. The van der Waals surface area contributed by atoms with Gasteiger partial charge in [0, 0.05) is 24.3 Å². The Balaban J connectivity index is 2.69. The quantitative estimate of drug-likeness (QED) is 0.502. The smallest absolute Gasteiger partial charge is 0.335 e. The van der Waals surface area contributed by atoms with Crippen molar-refractivity contribution in [3.05, 3.63) is 41.7 Å². The molecule has 0 spiro atoms. The van der Waals surface area contributed by atoms with E-state index in [1.54, 1.807) is 6.92 Å². The number of rotatable bonds is 5. The molecule has 0 unspecified atom stereocenters. The summed E-state index contributed by atoms with van der Waals surface area (Å²) < 4.78 is 43.6. The highest BCUT2D eigenvalue weighted by Crippen LogP contribution is 2.19. The van der Waals surface area contributed by atoms with Crippen molar-refractivity contribution >= 4 is 11.7 Å². The summed E-state index contributed by atoms with van der Waals surface area (Å²) in [4.78, 5) is 11.2. The van der Waals surface area contributed by atoms with Gasteiger partial charge in [0.25, 0.3) is 0 Å². The van der Waals surface area contributed by atoms with Gasteiger partial charge in [-0.1, -0.05) is 6.58 Å². The van der Waals surface area contributed by atoms with Gasteiger partial charge in [-0.15, -0.1) is 0 Å². The van der Waals surface area contributed by atoms with Gasteiger partial charge >= 0.3 is 5.97 Å². The molecule has 0 saturated heterocycles. The van der Waals surface area contributed by atoms with Crippen molar-refractivity contribution in [2.24, 2.45) is 0 Å². The highest BCUT2D eigenvalue weighted by atomic mass is 19.2. The molecule has 0 atom stereocenters. The Labute approximate surface area is 102 Å². The van der Waals surface area contributed by atoms with Crippen LogP contribution in [-0.2, 0) is 9.53 Å². The summed E-state index contributed by atoms with van der Waals surface area (Å²) in [6.45, 7) is 5.05. The number of anilines is 1. The van der Waals surface area contributed by atoms with E-state index in [-0.39, 0.29) is 24.4 Å². The Kier molecular flexibility index (Phi) is 4.76. The normalized spacial score (nSPS) is 10.0. The first-order chi connectivity index (χ1) is 8.45. The summed E-state index contributed by atoms with van der Waals surface area (Å²) in [6.07, 6.45) is 0. The third-order valence-electron chi connectivity index (χ3n) is 2.05. The first kappa shape index (κ1) is 14.1. The van der Waals surface area contributed by atoms with Gasteiger partial charge in [-0.2, -0.15) is 0 Å². The lowest BCUT2D eigenvalue weighted by Gasteiger charge is -2.09. The average Bonchev–Trinajstić information content (AvgIpc) is 2.31. The van der Waals surface area contributed by atoms with Crippen LogP contribution in [0.5, 0.6) is 0 Å². The van der Waals surface area contributed by atoms with Gasteiger partial charge in [-0.05, 0) is 6.92 Å². The van der Waals surface area contributed by atoms with E-state index in [0.29, 0.717) is 6.07 Å². The Morgan fingerprint density at radius 2 is 2.06 bits per heavy atom. The molecule has 0 aliphatic heterocycles. The van der Waals surface area contributed by atoms with Gasteiger partial charge in [0.15, 0.2) is 11.6 Å². The van der Waals surface area contributed by atoms with Crippen molar-refractivity contribution in [1.29, 1.82) is 0 Å². The van der Waals surface area contributed by atoms with Crippen LogP contribution in [0.4, 0.5) is 18.9 Å². The van der Waals surface area contributed by atoms with Crippen LogP contribution in [0, 0.1) is 17.5 Å². The Bertz CT molecular complexity index is 475. The summed E-state index contributed by atoms with van der Waals surface area (Å²) >= 11 is 0. The number of hydrogen-bond acceptors (Lipinski definition) is 3. The van der Waals surface area contributed by atoms with Gasteiger partial charge in [-0.3, -0.25) is 0 Å². The van der Waals surface area contributed by atoms with E-state index in [9.17, 15) is 18.0 Å². The van der Waals surface area contributed by atoms with Crippen molar-refractivity contribution < 1.29 is 22.7 Å². The minimum absolute atomic E-state index is 0.0286. The molecule has 1 N–H and O–H groups in total. The van der Waals surface area contributed by atoms with Crippen LogP contribution >= 0.6 is 0 Å². The summed E-state index contributed by atoms with van der Waals surface area (Å²) in [7, 11) is 0. The van der Waals surface area contributed by atoms with E-state index in [0.717, 1.165) is 6.07 Å². The largest absolute Gasteiger partial charge is 0.463 e. The maximum absolute atomic E-state index is 13.2. The van der Waals surface area contributed by atoms with E-state index in [4.69, 9.17) is 0 Å². The predicted molar refractivity (Wildman–Crippen MR) is 60.6 cm³/mol. The van der Waals surface area contributed by atoms with Crippen molar-refractivity contribution in [2.75, 3.05) is 18.5 Å². The lowest BCUT2D eigenvalue weighted by Crippen LogP contribution is -2.15. The third-order valence-corrected chi connectivity index (χ3v) is 2.05. The molecule has 1 aromatic carbocycles. The summed E-state index contributed by atoms with van der Waals surface area (Å²) in [5, 5.41) is 2.38. The van der Waals surface area contributed by atoms with Crippen LogP contribution in [0.2, 0.25) is 0 Å². The number of halogens is 3. The second kappa shape index (κ2) is 6.09. The number of benzene rings is 1. The molecule has 0 radical (unpaired) electrons. The Morgan fingerprint density at radius 3 is 2.67 bits per heavy atom. The number of carbonyl (C=O) groups is 1. The molecule has 0 aliphatic carbocycles. The number of carbonyl (C=O) groups excluding carboxylic acids is 1. The standard InChI is InChI=1S/C12H12F3NO2/c1-3-18-12(17)7(2)6-16-10-5-8(13)4-9(14)11(10)15/h4-5,16H,2-3,6H2,1H3. The van der Waals surface area contributed by atoms with Crippen LogP contribution in [0.1, 0.15) is 6.92 Å².